The van der Waals surface area contributed by atoms with Gasteiger partial charge in [0, 0.05) is 37.4 Å². The molecular formula is C25H25ClFN3O3S. The molecule has 3 aromatic rings. The van der Waals surface area contributed by atoms with Gasteiger partial charge < -0.3 is 9.80 Å². The van der Waals surface area contributed by atoms with E-state index in [0.29, 0.717) is 31.9 Å². The third kappa shape index (κ3) is 5.18. The number of anilines is 2. The summed E-state index contributed by atoms with van der Waals surface area (Å²) in [4.78, 5) is 16.7. The Bertz CT molecular complexity index is 1320. The summed E-state index contributed by atoms with van der Waals surface area (Å²) >= 11 is 6.23. The van der Waals surface area contributed by atoms with Gasteiger partial charge in [-0.25, -0.2) is 12.8 Å². The van der Waals surface area contributed by atoms with Crippen molar-refractivity contribution in [3.63, 3.8) is 0 Å². The van der Waals surface area contributed by atoms with Gasteiger partial charge in [0.1, 0.15) is 10.7 Å². The van der Waals surface area contributed by atoms with E-state index in [9.17, 15) is 17.6 Å². The van der Waals surface area contributed by atoms with Crippen LogP contribution in [0.25, 0.3) is 0 Å². The maximum atomic E-state index is 13.2. The van der Waals surface area contributed by atoms with Crippen molar-refractivity contribution in [1.82, 2.24) is 4.90 Å². The lowest BCUT2D eigenvalue weighted by molar-refractivity contribution is 0.0746. The van der Waals surface area contributed by atoms with Crippen LogP contribution in [0.5, 0.6) is 0 Å². The second kappa shape index (κ2) is 9.64. The van der Waals surface area contributed by atoms with Crippen LogP contribution >= 0.6 is 11.6 Å². The maximum Gasteiger partial charge on any atom is 0.263 e. The van der Waals surface area contributed by atoms with E-state index in [1.165, 1.54) is 30.3 Å². The van der Waals surface area contributed by atoms with Crippen molar-refractivity contribution in [2.45, 2.75) is 18.7 Å². The molecule has 1 fully saturated rings. The minimum absolute atomic E-state index is 0.0375. The van der Waals surface area contributed by atoms with Crippen molar-refractivity contribution in [1.29, 1.82) is 0 Å². The highest BCUT2D eigenvalue weighted by Gasteiger charge is 2.25. The van der Waals surface area contributed by atoms with Crippen LogP contribution in [0.3, 0.4) is 0 Å². The average Bonchev–Trinajstić information content (AvgIpc) is 2.81. The molecule has 0 bridgehead atoms. The number of aryl methyl sites for hydroxylation is 2. The van der Waals surface area contributed by atoms with E-state index in [1.54, 1.807) is 23.1 Å². The molecule has 0 unspecified atom stereocenters. The topological polar surface area (TPSA) is 69.7 Å². The van der Waals surface area contributed by atoms with Crippen LogP contribution < -0.4 is 9.62 Å². The highest BCUT2D eigenvalue weighted by molar-refractivity contribution is 7.92. The van der Waals surface area contributed by atoms with Gasteiger partial charge in [0.2, 0.25) is 0 Å². The number of nitrogens with zero attached hydrogens (tertiary/aromatic N) is 2. The zero-order valence-corrected chi connectivity index (χ0v) is 20.5. The molecule has 4 rings (SSSR count). The first-order valence-electron chi connectivity index (χ1n) is 10.8. The van der Waals surface area contributed by atoms with Crippen molar-refractivity contribution < 1.29 is 17.6 Å². The number of piperazine rings is 1. The van der Waals surface area contributed by atoms with Crippen molar-refractivity contribution >= 4 is 38.9 Å². The molecule has 0 radical (unpaired) electrons. The first kappa shape index (κ1) is 24.0. The van der Waals surface area contributed by atoms with E-state index in [2.05, 4.69) is 9.62 Å². The monoisotopic (exact) mass is 501 g/mol. The van der Waals surface area contributed by atoms with Gasteiger partial charge in [-0.3, -0.25) is 9.52 Å². The number of hydrogen-bond acceptors (Lipinski definition) is 4. The molecule has 3 aromatic carbocycles. The molecular weight excluding hydrogens is 477 g/mol. The summed E-state index contributed by atoms with van der Waals surface area (Å²) in [6, 6.07) is 16.0. The molecule has 1 saturated heterocycles. The van der Waals surface area contributed by atoms with Crippen LogP contribution in [0.4, 0.5) is 15.8 Å². The Morgan fingerprint density at radius 1 is 0.941 bits per heavy atom. The summed E-state index contributed by atoms with van der Waals surface area (Å²) in [5, 5.41) is 0.0375. The van der Waals surface area contributed by atoms with Crippen LogP contribution in [0.1, 0.15) is 21.5 Å². The minimum atomic E-state index is -4.01. The van der Waals surface area contributed by atoms with E-state index in [4.69, 9.17) is 11.6 Å². The Balaban J connectivity index is 1.51. The van der Waals surface area contributed by atoms with Gasteiger partial charge in [0.25, 0.3) is 15.9 Å². The number of hydrogen-bond donors (Lipinski definition) is 1. The van der Waals surface area contributed by atoms with Gasteiger partial charge in [-0.2, -0.15) is 0 Å². The number of amides is 1. The molecule has 1 amide bonds. The predicted octanol–water partition coefficient (Wildman–Crippen LogP) is 4.86. The Labute approximate surface area is 204 Å². The number of halogens is 2. The summed E-state index contributed by atoms with van der Waals surface area (Å²) in [5.74, 6) is -0.559. The lowest BCUT2D eigenvalue weighted by atomic mass is 10.1. The lowest BCUT2D eigenvalue weighted by Gasteiger charge is -2.36. The van der Waals surface area contributed by atoms with E-state index >= 15 is 0 Å². The van der Waals surface area contributed by atoms with Gasteiger partial charge >= 0.3 is 0 Å². The standard InChI is InChI=1S/C25H25ClFN3O3S/c1-17-3-4-18(2)23(15-17)28-34(32,33)24-16-19(5-10-22(24)26)25(31)30-13-11-29(12-14-30)21-8-6-20(27)7-9-21/h3-10,15-16,28H,11-14H2,1-2H3. The van der Waals surface area contributed by atoms with Crippen LogP contribution in [0, 0.1) is 19.7 Å². The molecule has 0 aliphatic carbocycles. The SMILES string of the molecule is Cc1ccc(C)c(NS(=O)(=O)c2cc(C(=O)N3CCN(c4ccc(F)cc4)CC3)ccc2Cl)c1. The van der Waals surface area contributed by atoms with E-state index in [0.717, 1.165) is 16.8 Å². The third-order valence-corrected chi connectivity index (χ3v) is 7.71. The molecule has 0 aromatic heterocycles. The van der Waals surface area contributed by atoms with Crippen molar-refractivity contribution in [2.24, 2.45) is 0 Å². The summed E-state index contributed by atoms with van der Waals surface area (Å²) < 4.78 is 42.0. The number of carbonyl (C=O) groups excluding carboxylic acids is 1. The summed E-state index contributed by atoms with van der Waals surface area (Å²) in [6.07, 6.45) is 0. The molecule has 34 heavy (non-hydrogen) atoms. The number of rotatable bonds is 5. The molecule has 1 aliphatic rings. The van der Waals surface area contributed by atoms with Gasteiger partial charge in [-0.1, -0.05) is 23.7 Å². The number of nitrogens with one attached hydrogen (secondary N) is 1. The number of benzene rings is 3. The molecule has 0 saturated carbocycles. The van der Waals surface area contributed by atoms with Crippen LogP contribution in [-0.2, 0) is 10.0 Å². The zero-order chi connectivity index (χ0) is 24.5. The van der Waals surface area contributed by atoms with Gasteiger partial charge in [0.15, 0.2) is 0 Å². The van der Waals surface area contributed by atoms with Crippen LogP contribution in [0.15, 0.2) is 65.6 Å². The molecule has 9 heteroatoms. The Hall–Kier alpha value is -3.10. The largest absolute Gasteiger partial charge is 0.368 e. The Kier molecular flexibility index (Phi) is 6.81. The quantitative estimate of drug-likeness (QED) is 0.542. The minimum Gasteiger partial charge on any atom is -0.368 e. The fourth-order valence-corrected chi connectivity index (χ4v) is 5.54. The van der Waals surface area contributed by atoms with Crippen molar-refractivity contribution in [3.8, 4) is 0 Å². The van der Waals surface area contributed by atoms with E-state index in [1.807, 2.05) is 26.0 Å². The summed E-state index contributed by atoms with van der Waals surface area (Å²) in [5.41, 5.74) is 3.30. The fraction of sp³-hybridized carbons (Fsp3) is 0.240. The normalized spacial score (nSPS) is 14.2. The fourth-order valence-electron chi connectivity index (χ4n) is 3.89. The first-order chi connectivity index (χ1) is 16.1. The van der Waals surface area contributed by atoms with Crippen molar-refractivity contribution in [2.75, 3.05) is 35.8 Å². The predicted molar refractivity (Wildman–Crippen MR) is 133 cm³/mol. The second-order valence-corrected chi connectivity index (χ2v) is 10.4. The van der Waals surface area contributed by atoms with E-state index < -0.39 is 10.0 Å². The smallest absolute Gasteiger partial charge is 0.263 e. The molecule has 6 nitrogen and oxygen atoms in total. The van der Waals surface area contributed by atoms with E-state index in [-0.39, 0.29) is 27.2 Å². The third-order valence-electron chi connectivity index (χ3n) is 5.86. The Morgan fingerprint density at radius 3 is 2.29 bits per heavy atom. The molecule has 1 aliphatic heterocycles. The molecule has 0 spiro atoms. The van der Waals surface area contributed by atoms with Crippen molar-refractivity contribution in [3.05, 3.63) is 88.2 Å². The van der Waals surface area contributed by atoms with Crippen LogP contribution in [-0.4, -0.2) is 45.4 Å². The molecule has 1 heterocycles. The molecule has 178 valence electrons. The number of sulfonamides is 1. The molecule has 0 atom stereocenters. The summed E-state index contributed by atoms with van der Waals surface area (Å²) in [7, 11) is -4.01. The second-order valence-electron chi connectivity index (χ2n) is 8.32. The average molecular weight is 502 g/mol. The first-order valence-corrected chi connectivity index (χ1v) is 12.7. The summed E-state index contributed by atoms with van der Waals surface area (Å²) in [6.45, 7) is 5.78. The number of carbonyl (C=O) groups is 1. The van der Waals surface area contributed by atoms with Gasteiger partial charge in [-0.05, 0) is 73.5 Å². The highest BCUT2D eigenvalue weighted by Crippen LogP contribution is 2.27. The van der Waals surface area contributed by atoms with Gasteiger partial charge in [-0.15, -0.1) is 0 Å². The van der Waals surface area contributed by atoms with Gasteiger partial charge in [0.05, 0.1) is 10.7 Å². The molecule has 1 N–H and O–H groups in total. The highest BCUT2D eigenvalue weighted by atomic mass is 35.5. The maximum absolute atomic E-state index is 13.2. The van der Waals surface area contributed by atoms with Crippen LogP contribution in [0.2, 0.25) is 5.02 Å². The Morgan fingerprint density at radius 2 is 1.62 bits per heavy atom. The zero-order valence-electron chi connectivity index (χ0n) is 18.9. The lowest BCUT2D eigenvalue weighted by Crippen LogP contribution is -2.48.